The van der Waals surface area contributed by atoms with Crippen molar-refractivity contribution in [3.05, 3.63) is 83.9 Å². The van der Waals surface area contributed by atoms with Crippen LogP contribution in [0.15, 0.2) is 72.0 Å². The van der Waals surface area contributed by atoms with Gasteiger partial charge in [0.15, 0.2) is 11.0 Å². The van der Waals surface area contributed by atoms with E-state index in [-0.39, 0.29) is 40.0 Å². The minimum Gasteiger partial charge on any atom is -0.406 e. The van der Waals surface area contributed by atoms with Gasteiger partial charge in [0, 0.05) is 17.7 Å². The second kappa shape index (κ2) is 13.1. The first-order valence-electron chi connectivity index (χ1n) is 13.6. The second-order valence-electron chi connectivity index (χ2n) is 9.75. The highest BCUT2D eigenvalue weighted by Gasteiger charge is 2.33. The molecule has 4 aromatic rings. The van der Waals surface area contributed by atoms with Crippen LogP contribution in [0, 0.1) is 12.7 Å². The normalized spacial score (nSPS) is 15.0. The molecule has 1 aliphatic rings. The number of carbonyl (C=O) groups is 2. The average molecular weight is 643 g/mol. The average Bonchev–Trinajstić information content (AvgIpc) is 3.61. The Morgan fingerprint density at radius 2 is 1.89 bits per heavy atom. The Morgan fingerprint density at radius 3 is 2.58 bits per heavy atom. The number of aromatic nitrogens is 3. The highest BCUT2D eigenvalue weighted by atomic mass is 32.2. The molecule has 234 valence electrons. The molecule has 0 spiro atoms. The van der Waals surface area contributed by atoms with E-state index in [2.05, 4.69) is 25.1 Å². The number of benzene rings is 3. The van der Waals surface area contributed by atoms with Gasteiger partial charge in [-0.05, 0) is 74.9 Å². The van der Waals surface area contributed by atoms with Gasteiger partial charge in [0.2, 0.25) is 5.91 Å². The minimum absolute atomic E-state index is 0.0801. The highest BCUT2D eigenvalue weighted by molar-refractivity contribution is 8.15. The van der Waals surface area contributed by atoms with Gasteiger partial charge >= 0.3 is 12.4 Å². The summed E-state index contributed by atoms with van der Waals surface area (Å²) in [5.74, 6) is -1.22. The summed E-state index contributed by atoms with van der Waals surface area (Å²) in [5, 5.41) is 6.81. The Kier molecular flexibility index (Phi) is 9.20. The first-order valence-corrected chi connectivity index (χ1v) is 14.6. The molecule has 1 N–H and O–H groups in total. The molecular weight excluding hydrogens is 616 g/mol. The fraction of sp³-hybridized carbons (Fsp3) is 0.233. The maximum absolute atomic E-state index is 15.1. The van der Waals surface area contributed by atoms with Crippen LogP contribution in [0.4, 0.5) is 33.7 Å². The van der Waals surface area contributed by atoms with Crippen molar-refractivity contribution in [3.63, 3.8) is 0 Å². The van der Waals surface area contributed by atoms with Crippen molar-refractivity contribution in [1.82, 2.24) is 14.8 Å². The molecule has 0 bridgehead atoms. The van der Waals surface area contributed by atoms with Crippen LogP contribution < -0.4 is 15.0 Å². The van der Waals surface area contributed by atoms with E-state index in [4.69, 9.17) is 4.74 Å². The summed E-state index contributed by atoms with van der Waals surface area (Å²) in [5.41, 5.74) is 2.75. The van der Waals surface area contributed by atoms with Crippen molar-refractivity contribution in [1.29, 1.82) is 0 Å². The monoisotopic (exact) mass is 642 g/mol. The number of aryl methyl sites for hydroxylation is 1. The summed E-state index contributed by atoms with van der Waals surface area (Å²) in [6.07, 6.45) is -3.81. The molecule has 1 unspecified atom stereocenters. The van der Waals surface area contributed by atoms with E-state index in [0.29, 0.717) is 18.0 Å². The number of nitrogens with zero attached hydrogens (tertiary/aromatic N) is 5. The summed E-state index contributed by atoms with van der Waals surface area (Å²) in [7, 11) is 0. The molecule has 3 aromatic carbocycles. The molecule has 15 heteroatoms. The van der Waals surface area contributed by atoms with Crippen molar-refractivity contribution >= 4 is 40.2 Å². The summed E-state index contributed by atoms with van der Waals surface area (Å²) < 4.78 is 63.2. The van der Waals surface area contributed by atoms with Crippen LogP contribution in [0.5, 0.6) is 5.75 Å². The lowest BCUT2D eigenvalue weighted by molar-refractivity contribution is -0.274. The number of rotatable bonds is 8. The van der Waals surface area contributed by atoms with E-state index in [1.54, 1.807) is 0 Å². The van der Waals surface area contributed by atoms with Crippen molar-refractivity contribution < 1.29 is 36.6 Å². The fourth-order valence-corrected chi connectivity index (χ4v) is 5.38. The van der Waals surface area contributed by atoms with Crippen LogP contribution in [0.2, 0.25) is 0 Å². The van der Waals surface area contributed by atoms with E-state index >= 15 is 4.39 Å². The first kappa shape index (κ1) is 31.7. The van der Waals surface area contributed by atoms with Crippen LogP contribution >= 0.6 is 11.8 Å². The number of amides is 3. The molecule has 1 aliphatic heterocycles. The Labute approximate surface area is 259 Å². The van der Waals surface area contributed by atoms with Gasteiger partial charge < -0.3 is 14.8 Å². The number of hydrogen-bond acceptors (Lipinski definition) is 7. The van der Waals surface area contributed by atoms with Gasteiger partial charge in [-0.15, -0.1) is 18.3 Å². The number of anilines is 2. The zero-order chi connectivity index (χ0) is 32.3. The molecule has 0 radical (unpaired) electrons. The molecule has 1 fully saturated rings. The van der Waals surface area contributed by atoms with Crippen molar-refractivity contribution in [2.75, 3.05) is 22.6 Å². The number of ether oxygens (including phenoxy) is 2. The largest absolute Gasteiger partial charge is 0.573 e. The van der Waals surface area contributed by atoms with Crippen molar-refractivity contribution in [2.45, 2.75) is 33.2 Å². The topological polar surface area (TPSA) is 111 Å². The van der Waals surface area contributed by atoms with Crippen molar-refractivity contribution in [2.24, 2.45) is 4.99 Å². The molecule has 0 saturated carbocycles. The summed E-state index contributed by atoms with van der Waals surface area (Å²) in [6, 6.07) is 13.6. The highest BCUT2D eigenvalue weighted by Crippen LogP contribution is 2.35. The van der Waals surface area contributed by atoms with Gasteiger partial charge in [0.05, 0.1) is 28.9 Å². The zero-order valence-corrected chi connectivity index (χ0v) is 24.9. The lowest BCUT2D eigenvalue weighted by atomic mass is 10.0. The molecule has 3 amide bonds. The van der Waals surface area contributed by atoms with Gasteiger partial charge in [-0.3, -0.25) is 9.69 Å². The molecule has 0 aliphatic carbocycles. The number of nitrogens with one attached hydrogen (secondary N) is 1. The second-order valence-corrected chi connectivity index (χ2v) is 10.7. The lowest BCUT2D eigenvalue weighted by Gasteiger charge is -2.23. The fourth-order valence-electron chi connectivity index (χ4n) is 4.52. The summed E-state index contributed by atoms with van der Waals surface area (Å²) >= 11 is 1.09. The predicted molar refractivity (Wildman–Crippen MR) is 161 cm³/mol. The third kappa shape index (κ3) is 7.49. The Bertz CT molecular complexity index is 1760. The zero-order valence-electron chi connectivity index (χ0n) is 24.1. The summed E-state index contributed by atoms with van der Waals surface area (Å²) in [4.78, 5) is 35.3. The van der Waals surface area contributed by atoms with E-state index in [1.807, 2.05) is 39.0 Å². The quantitative estimate of drug-likeness (QED) is 0.205. The Hall–Kier alpha value is -4.76. The van der Waals surface area contributed by atoms with Gasteiger partial charge in [0.25, 0.3) is 0 Å². The molecule has 10 nitrogen and oxygen atoms in total. The van der Waals surface area contributed by atoms with Gasteiger partial charge in [0.1, 0.15) is 17.9 Å². The minimum atomic E-state index is -4.81. The number of thioether (sulfide) groups is 1. The number of halogens is 4. The molecular formula is C30H26F4N6O4S. The number of hydrogen-bond donors (Lipinski definition) is 1. The number of urea groups is 1. The van der Waals surface area contributed by atoms with E-state index in [1.165, 1.54) is 40.2 Å². The molecule has 1 aromatic heterocycles. The molecule has 1 atom stereocenters. The van der Waals surface area contributed by atoms with Crippen LogP contribution in [-0.4, -0.2) is 50.6 Å². The van der Waals surface area contributed by atoms with Gasteiger partial charge in [-0.1, -0.05) is 23.9 Å². The molecule has 5 rings (SSSR count). The van der Waals surface area contributed by atoms with Crippen LogP contribution in [0.1, 0.15) is 31.1 Å². The maximum atomic E-state index is 15.1. The third-order valence-corrected chi connectivity index (χ3v) is 7.46. The smallest absolute Gasteiger partial charge is 0.406 e. The lowest BCUT2D eigenvalue weighted by Crippen LogP contribution is -2.31. The van der Waals surface area contributed by atoms with Crippen LogP contribution in [0.3, 0.4) is 0 Å². The van der Waals surface area contributed by atoms with Crippen molar-refractivity contribution in [3.8, 4) is 22.8 Å². The Morgan fingerprint density at radius 1 is 1.13 bits per heavy atom. The standard InChI is InChI=1S/C30H26F4N6O4S/c1-4-43-18(3)22-11-5-17(2)13-25(22)40-26(41)15-45-29(40)37-28(42)36-24-12-6-19(14-23(24)31)27-35-16-39(38-27)20-7-9-21(10-8-20)44-30(32,33)34/h5-14,16,18H,4,15H2,1-3H3,(H,36,42)/b37-29-. The van der Waals surface area contributed by atoms with E-state index < -0.39 is 24.0 Å². The van der Waals surface area contributed by atoms with E-state index in [9.17, 15) is 22.8 Å². The molecule has 1 saturated heterocycles. The number of carbonyl (C=O) groups excluding carboxylic acids is 2. The van der Waals surface area contributed by atoms with Crippen LogP contribution in [-0.2, 0) is 9.53 Å². The third-order valence-electron chi connectivity index (χ3n) is 6.54. The van der Waals surface area contributed by atoms with Gasteiger partial charge in [-0.25, -0.2) is 18.9 Å². The number of aliphatic imine (C=N–C) groups is 1. The van der Waals surface area contributed by atoms with Crippen LogP contribution in [0.25, 0.3) is 17.1 Å². The Balaban J connectivity index is 1.31. The van der Waals surface area contributed by atoms with E-state index in [0.717, 1.165) is 41.1 Å². The predicted octanol–water partition coefficient (Wildman–Crippen LogP) is 7.05. The SMILES string of the molecule is CCOC(C)c1ccc(C)cc1N1C(=O)CS/C1=N\C(=O)Nc1ccc(-c2ncn(-c3ccc(OC(F)(F)F)cc3)n2)cc1F. The van der Waals surface area contributed by atoms with Gasteiger partial charge in [-0.2, -0.15) is 4.99 Å². The number of alkyl halides is 3. The molecule has 2 heterocycles. The first-order chi connectivity index (χ1) is 21.4. The maximum Gasteiger partial charge on any atom is 0.573 e. The number of amidine groups is 1. The molecule has 45 heavy (non-hydrogen) atoms. The summed E-state index contributed by atoms with van der Waals surface area (Å²) in [6.45, 7) is 6.10.